The third-order valence-electron chi connectivity index (χ3n) is 5.16. The van der Waals surface area contributed by atoms with Crippen LogP contribution in [-0.4, -0.2) is 18.4 Å². The molecule has 28 heavy (non-hydrogen) atoms. The predicted octanol–water partition coefficient (Wildman–Crippen LogP) is 5.25. The molecule has 1 N–H and O–H groups in total. The first-order chi connectivity index (χ1) is 13.1. The number of halogens is 1. The first kappa shape index (κ1) is 20.4. The fourth-order valence-electron chi connectivity index (χ4n) is 3.83. The Morgan fingerprint density at radius 2 is 1.86 bits per heavy atom. The zero-order valence-corrected chi connectivity index (χ0v) is 17.9. The van der Waals surface area contributed by atoms with E-state index in [4.69, 9.17) is 11.6 Å². The van der Waals surface area contributed by atoms with Gasteiger partial charge in [-0.3, -0.25) is 9.59 Å². The van der Waals surface area contributed by atoms with Crippen molar-refractivity contribution in [3.8, 4) is 0 Å². The molecule has 1 aliphatic rings. The summed E-state index contributed by atoms with van der Waals surface area (Å²) in [6.07, 6.45) is 0.188. The van der Waals surface area contributed by atoms with Gasteiger partial charge in [-0.2, -0.15) is 0 Å². The zero-order chi connectivity index (χ0) is 20.6. The second kappa shape index (κ2) is 7.59. The van der Waals surface area contributed by atoms with E-state index in [0.29, 0.717) is 17.3 Å². The molecule has 0 saturated carbocycles. The van der Waals surface area contributed by atoms with Crippen molar-refractivity contribution in [2.75, 3.05) is 16.8 Å². The van der Waals surface area contributed by atoms with Gasteiger partial charge < -0.3 is 10.2 Å². The SMILES string of the molecule is Cc1cc(C)c(N2CC(C(=O)Nc3ccccc3C(C)(C)C)CC2=O)c(Cl)c1. The van der Waals surface area contributed by atoms with Crippen molar-refractivity contribution in [2.24, 2.45) is 5.92 Å². The van der Waals surface area contributed by atoms with Crippen molar-refractivity contribution in [1.29, 1.82) is 0 Å². The number of hydrogen-bond acceptors (Lipinski definition) is 2. The number of para-hydroxylation sites is 1. The lowest BCUT2D eigenvalue weighted by Gasteiger charge is -2.24. The number of anilines is 2. The number of aryl methyl sites for hydroxylation is 2. The van der Waals surface area contributed by atoms with E-state index < -0.39 is 5.92 Å². The number of hydrogen-bond donors (Lipinski definition) is 1. The summed E-state index contributed by atoms with van der Waals surface area (Å²) in [6, 6.07) is 11.7. The van der Waals surface area contributed by atoms with Crippen LogP contribution in [0.1, 0.15) is 43.9 Å². The first-order valence-electron chi connectivity index (χ1n) is 9.55. The molecule has 0 aromatic heterocycles. The van der Waals surface area contributed by atoms with Crippen molar-refractivity contribution in [1.82, 2.24) is 0 Å². The minimum absolute atomic E-state index is 0.0712. The summed E-state index contributed by atoms with van der Waals surface area (Å²) in [5.41, 5.74) is 4.48. The lowest BCUT2D eigenvalue weighted by atomic mass is 9.85. The van der Waals surface area contributed by atoms with E-state index in [-0.39, 0.29) is 23.7 Å². The van der Waals surface area contributed by atoms with E-state index in [1.807, 2.05) is 50.2 Å². The molecule has 2 aromatic rings. The van der Waals surface area contributed by atoms with E-state index in [9.17, 15) is 9.59 Å². The number of nitrogens with one attached hydrogen (secondary N) is 1. The molecule has 1 saturated heterocycles. The highest BCUT2D eigenvalue weighted by atomic mass is 35.5. The highest BCUT2D eigenvalue weighted by Crippen LogP contribution is 2.36. The second-order valence-electron chi connectivity index (χ2n) is 8.60. The van der Waals surface area contributed by atoms with Crippen molar-refractivity contribution in [3.05, 3.63) is 58.1 Å². The molecule has 1 aliphatic heterocycles. The Morgan fingerprint density at radius 1 is 1.18 bits per heavy atom. The fourth-order valence-corrected chi connectivity index (χ4v) is 4.25. The summed E-state index contributed by atoms with van der Waals surface area (Å²) in [6.45, 7) is 10.6. The van der Waals surface area contributed by atoms with Gasteiger partial charge >= 0.3 is 0 Å². The highest BCUT2D eigenvalue weighted by molar-refractivity contribution is 6.34. The van der Waals surface area contributed by atoms with Crippen LogP contribution in [0.15, 0.2) is 36.4 Å². The average molecular weight is 399 g/mol. The molecule has 5 heteroatoms. The van der Waals surface area contributed by atoms with Crippen LogP contribution < -0.4 is 10.2 Å². The molecule has 0 aliphatic carbocycles. The standard InChI is InChI=1S/C23H27ClN2O2/c1-14-10-15(2)21(18(24)11-14)26-13-16(12-20(26)27)22(28)25-19-9-7-6-8-17(19)23(3,4)5/h6-11,16H,12-13H2,1-5H3,(H,25,28). The Balaban J connectivity index is 1.81. The summed E-state index contributed by atoms with van der Waals surface area (Å²) >= 11 is 6.41. The van der Waals surface area contributed by atoms with E-state index in [2.05, 4.69) is 26.1 Å². The topological polar surface area (TPSA) is 49.4 Å². The highest BCUT2D eigenvalue weighted by Gasteiger charge is 2.37. The van der Waals surface area contributed by atoms with Gasteiger partial charge in [0.15, 0.2) is 0 Å². The minimum atomic E-state index is -0.405. The zero-order valence-electron chi connectivity index (χ0n) is 17.1. The molecule has 0 radical (unpaired) electrons. The molecular weight excluding hydrogens is 372 g/mol. The first-order valence-corrected chi connectivity index (χ1v) is 9.93. The minimum Gasteiger partial charge on any atom is -0.326 e. The molecule has 148 valence electrons. The van der Waals surface area contributed by atoms with Crippen LogP contribution in [0.3, 0.4) is 0 Å². The number of rotatable bonds is 3. The van der Waals surface area contributed by atoms with E-state index in [1.165, 1.54) is 0 Å². The molecule has 1 heterocycles. The van der Waals surface area contributed by atoms with Crippen LogP contribution in [0.4, 0.5) is 11.4 Å². The van der Waals surface area contributed by atoms with Crippen molar-refractivity contribution in [3.63, 3.8) is 0 Å². The normalized spacial score (nSPS) is 17.1. The molecular formula is C23H27ClN2O2. The molecule has 4 nitrogen and oxygen atoms in total. The second-order valence-corrected chi connectivity index (χ2v) is 9.01. The molecule has 0 spiro atoms. The Hall–Kier alpha value is -2.33. The van der Waals surface area contributed by atoms with Crippen LogP contribution in [0.5, 0.6) is 0 Å². The Kier molecular flexibility index (Phi) is 5.53. The Labute approximate surface area is 171 Å². The van der Waals surface area contributed by atoms with Gasteiger partial charge in [0.1, 0.15) is 0 Å². The monoisotopic (exact) mass is 398 g/mol. The van der Waals surface area contributed by atoms with Gasteiger partial charge in [-0.1, -0.05) is 56.6 Å². The van der Waals surface area contributed by atoms with Gasteiger partial charge in [0.2, 0.25) is 11.8 Å². The Bertz CT molecular complexity index is 907. The maximum Gasteiger partial charge on any atom is 0.229 e. The summed E-state index contributed by atoms with van der Waals surface area (Å²) in [4.78, 5) is 27.2. The lowest BCUT2D eigenvalue weighted by Crippen LogP contribution is -2.29. The molecule has 1 atom stereocenters. The molecule has 2 aromatic carbocycles. The summed E-state index contributed by atoms with van der Waals surface area (Å²) < 4.78 is 0. The summed E-state index contributed by atoms with van der Waals surface area (Å²) in [5, 5.41) is 3.59. The maximum absolute atomic E-state index is 12.9. The van der Waals surface area contributed by atoms with Crippen molar-refractivity contribution < 1.29 is 9.59 Å². The number of amides is 2. The molecule has 1 fully saturated rings. The molecule has 1 unspecified atom stereocenters. The van der Waals surface area contributed by atoms with Gasteiger partial charge in [-0.15, -0.1) is 0 Å². The molecule has 3 rings (SSSR count). The van der Waals surface area contributed by atoms with Gasteiger partial charge in [0, 0.05) is 18.7 Å². The summed E-state index contributed by atoms with van der Waals surface area (Å²) in [5.74, 6) is -0.608. The van der Waals surface area contributed by atoms with Gasteiger partial charge in [-0.25, -0.2) is 0 Å². The summed E-state index contributed by atoms with van der Waals surface area (Å²) in [7, 11) is 0. The third kappa shape index (κ3) is 4.07. The van der Waals surface area contributed by atoms with E-state index in [1.54, 1.807) is 4.90 Å². The van der Waals surface area contributed by atoms with Crippen LogP contribution in [0.2, 0.25) is 5.02 Å². The molecule has 0 bridgehead atoms. The fraction of sp³-hybridized carbons (Fsp3) is 0.391. The Morgan fingerprint density at radius 3 is 2.50 bits per heavy atom. The largest absolute Gasteiger partial charge is 0.326 e. The van der Waals surface area contributed by atoms with E-state index in [0.717, 1.165) is 22.4 Å². The number of benzene rings is 2. The van der Waals surface area contributed by atoms with Crippen LogP contribution in [-0.2, 0) is 15.0 Å². The van der Waals surface area contributed by atoms with Crippen LogP contribution in [0, 0.1) is 19.8 Å². The van der Waals surface area contributed by atoms with Gasteiger partial charge in [-0.05, 0) is 48.1 Å². The van der Waals surface area contributed by atoms with Crippen LogP contribution >= 0.6 is 11.6 Å². The quantitative estimate of drug-likeness (QED) is 0.767. The number of carbonyl (C=O) groups excluding carboxylic acids is 2. The van der Waals surface area contributed by atoms with Crippen molar-refractivity contribution in [2.45, 2.75) is 46.5 Å². The van der Waals surface area contributed by atoms with Gasteiger partial charge in [0.05, 0.1) is 16.6 Å². The predicted molar refractivity (Wildman–Crippen MR) is 115 cm³/mol. The smallest absolute Gasteiger partial charge is 0.229 e. The van der Waals surface area contributed by atoms with Crippen LogP contribution in [0.25, 0.3) is 0 Å². The molecule has 2 amide bonds. The van der Waals surface area contributed by atoms with Gasteiger partial charge in [0.25, 0.3) is 0 Å². The third-order valence-corrected chi connectivity index (χ3v) is 5.45. The lowest BCUT2D eigenvalue weighted by molar-refractivity contribution is -0.122. The number of nitrogens with zero attached hydrogens (tertiary/aromatic N) is 1. The average Bonchev–Trinajstić information content (AvgIpc) is 2.95. The van der Waals surface area contributed by atoms with E-state index >= 15 is 0 Å². The maximum atomic E-state index is 12.9. The van der Waals surface area contributed by atoms with Crippen molar-refractivity contribution >= 4 is 34.8 Å². The number of carbonyl (C=O) groups is 2.